The number of nitrogens with one attached hydrogen (secondary N) is 1. The van der Waals surface area contributed by atoms with E-state index >= 15 is 0 Å². The van der Waals surface area contributed by atoms with Gasteiger partial charge in [-0.15, -0.1) is 0 Å². The van der Waals surface area contributed by atoms with Crippen LogP contribution in [0.4, 0.5) is 5.69 Å². The third kappa shape index (κ3) is 1.86. The lowest BCUT2D eigenvalue weighted by atomic mass is 10.1. The monoisotopic (exact) mass is 195 g/mol. The predicted octanol–water partition coefficient (Wildman–Crippen LogP) is 3.93. The zero-order chi connectivity index (χ0) is 10.1. The van der Waals surface area contributed by atoms with Crippen LogP contribution in [0.2, 0.25) is 0 Å². The first-order valence-corrected chi connectivity index (χ1v) is 5.35. The Kier molecular flexibility index (Phi) is 1.95. The second kappa shape index (κ2) is 3.43. The first-order valence-electron chi connectivity index (χ1n) is 5.35. The van der Waals surface area contributed by atoms with Gasteiger partial charge in [0.1, 0.15) is 0 Å². The SMILES string of the molecule is C(Nc1ccc2ccccc2c1)=C1CC1. The lowest BCUT2D eigenvalue weighted by Crippen LogP contribution is -1.86. The summed E-state index contributed by atoms with van der Waals surface area (Å²) in [4.78, 5) is 0. The summed E-state index contributed by atoms with van der Waals surface area (Å²) in [6.45, 7) is 0. The Morgan fingerprint density at radius 3 is 2.53 bits per heavy atom. The van der Waals surface area contributed by atoms with E-state index in [1.807, 2.05) is 0 Å². The van der Waals surface area contributed by atoms with Crippen molar-refractivity contribution in [2.45, 2.75) is 12.8 Å². The molecule has 1 aliphatic rings. The Bertz CT molecular complexity index is 520. The molecule has 1 N–H and O–H groups in total. The van der Waals surface area contributed by atoms with Crippen LogP contribution in [0, 0.1) is 0 Å². The lowest BCUT2D eigenvalue weighted by Gasteiger charge is -2.02. The fourth-order valence-corrected chi connectivity index (χ4v) is 1.68. The second-order valence-corrected chi connectivity index (χ2v) is 4.01. The van der Waals surface area contributed by atoms with E-state index in [1.165, 1.54) is 34.9 Å². The Hall–Kier alpha value is -1.76. The highest BCUT2D eigenvalue weighted by atomic mass is 14.8. The normalized spacial score (nSPS) is 14.0. The molecule has 1 heteroatoms. The molecule has 15 heavy (non-hydrogen) atoms. The highest BCUT2D eigenvalue weighted by Gasteiger charge is 2.09. The summed E-state index contributed by atoms with van der Waals surface area (Å²) in [6, 6.07) is 14.9. The topological polar surface area (TPSA) is 12.0 Å². The van der Waals surface area contributed by atoms with Crippen LogP contribution in [-0.2, 0) is 0 Å². The van der Waals surface area contributed by atoms with E-state index in [0.29, 0.717) is 0 Å². The first kappa shape index (κ1) is 8.54. The summed E-state index contributed by atoms with van der Waals surface area (Å²) in [5.41, 5.74) is 2.69. The maximum absolute atomic E-state index is 3.34. The molecule has 1 fully saturated rings. The molecule has 0 spiro atoms. The maximum atomic E-state index is 3.34. The van der Waals surface area contributed by atoms with Gasteiger partial charge >= 0.3 is 0 Å². The van der Waals surface area contributed by atoms with Gasteiger partial charge in [-0.3, -0.25) is 0 Å². The van der Waals surface area contributed by atoms with Crippen molar-refractivity contribution in [1.29, 1.82) is 0 Å². The molecule has 0 atom stereocenters. The van der Waals surface area contributed by atoms with Crippen LogP contribution < -0.4 is 5.32 Å². The minimum atomic E-state index is 1.17. The number of anilines is 1. The van der Waals surface area contributed by atoms with Gasteiger partial charge in [0, 0.05) is 11.9 Å². The number of hydrogen-bond donors (Lipinski definition) is 1. The molecule has 74 valence electrons. The molecule has 0 saturated heterocycles. The highest BCUT2D eigenvalue weighted by molar-refractivity contribution is 5.85. The summed E-state index contributed by atoms with van der Waals surface area (Å²) in [6.07, 6.45) is 4.66. The molecule has 0 unspecified atom stereocenters. The fraction of sp³-hybridized carbons (Fsp3) is 0.143. The largest absolute Gasteiger partial charge is 0.362 e. The Balaban J connectivity index is 1.94. The van der Waals surface area contributed by atoms with E-state index in [1.54, 1.807) is 0 Å². The van der Waals surface area contributed by atoms with Crippen molar-refractivity contribution in [3.8, 4) is 0 Å². The third-order valence-electron chi connectivity index (χ3n) is 2.73. The van der Waals surface area contributed by atoms with Gasteiger partial charge in [0.15, 0.2) is 0 Å². The van der Waals surface area contributed by atoms with Crippen molar-refractivity contribution in [2.24, 2.45) is 0 Å². The Labute approximate surface area is 89.4 Å². The quantitative estimate of drug-likeness (QED) is 0.765. The molecule has 0 aliphatic heterocycles. The average molecular weight is 195 g/mol. The highest BCUT2D eigenvalue weighted by Crippen LogP contribution is 2.27. The van der Waals surface area contributed by atoms with E-state index in [9.17, 15) is 0 Å². The summed E-state index contributed by atoms with van der Waals surface area (Å²) in [5, 5.41) is 5.92. The van der Waals surface area contributed by atoms with Gasteiger partial charge in [-0.25, -0.2) is 0 Å². The van der Waals surface area contributed by atoms with Crippen molar-refractivity contribution < 1.29 is 0 Å². The van der Waals surface area contributed by atoms with E-state index < -0.39 is 0 Å². The molecular weight excluding hydrogens is 182 g/mol. The molecule has 0 bridgehead atoms. The zero-order valence-corrected chi connectivity index (χ0v) is 8.53. The van der Waals surface area contributed by atoms with Crippen molar-refractivity contribution in [1.82, 2.24) is 0 Å². The molecule has 2 aromatic rings. The van der Waals surface area contributed by atoms with Gasteiger partial charge in [0.05, 0.1) is 0 Å². The molecule has 0 radical (unpaired) electrons. The molecule has 1 saturated carbocycles. The molecule has 3 rings (SSSR count). The van der Waals surface area contributed by atoms with Crippen molar-refractivity contribution in [3.05, 3.63) is 54.2 Å². The lowest BCUT2D eigenvalue weighted by molar-refractivity contribution is 1.50. The van der Waals surface area contributed by atoms with Gasteiger partial charge in [-0.2, -0.15) is 0 Å². The van der Waals surface area contributed by atoms with E-state index in [4.69, 9.17) is 0 Å². The number of fused-ring (bicyclic) bond motifs is 1. The van der Waals surface area contributed by atoms with Crippen molar-refractivity contribution >= 4 is 16.5 Å². The molecule has 2 aromatic carbocycles. The summed E-state index contributed by atoms with van der Waals surface area (Å²) in [5.74, 6) is 0. The van der Waals surface area contributed by atoms with Crippen LogP contribution >= 0.6 is 0 Å². The van der Waals surface area contributed by atoms with Crippen LogP contribution in [0.3, 0.4) is 0 Å². The van der Waals surface area contributed by atoms with E-state index in [-0.39, 0.29) is 0 Å². The van der Waals surface area contributed by atoms with Gasteiger partial charge in [0.2, 0.25) is 0 Å². The number of rotatable bonds is 2. The van der Waals surface area contributed by atoms with Crippen LogP contribution in [-0.4, -0.2) is 0 Å². The summed E-state index contributed by atoms with van der Waals surface area (Å²) < 4.78 is 0. The molecule has 0 amide bonds. The van der Waals surface area contributed by atoms with Crippen LogP contribution in [0.5, 0.6) is 0 Å². The predicted molar refractivity (Wildman–Crippen MR) is 64.9 cm³/mol. The van der Waals surface area contributed by atoms with Gasteiger partial charge in [-0.1, -0.05) is 35.9 Å². The van der Waals surface area contributed by atoms with E-state index in [2.05, 4.69) is 54.0 Å². The number of hydrogen-bond acceptors (Lipinski definition) is 1. The van der Waals surface area contributed by atoms with Gasteiger partial charge in [0.25, 0.3) is 0 Å². The zero-order valence-electron chi connectivity index (χ0n) is 8.53. The fourth-order valence-electron chi connectivity index (χ4n) is 1.68. The Morgan fingerprint density at radius 2 is 1.73 bits per heavy atom. The second-order valence-electron chi connectivity index (χ2n) is 4.01. The maximum Gasteiger partial charge on any atom is 0.0386 e. The van der Waals surface area contributed by atoms with Crippen molar-refractivity contribution in [2.75, 3.05) is 5.32 Å². The summed E-state index contributed by atoms with van der Waals surface area (Å²) in [7, 11) is 0. The number of benzene rings is 2. The molecule has 0 heterocycles. The van der Waals surface area contributed by atoms with E-state index in [0.717, 1.165) is 0 Å². The third-order valence-corrected chi connectivity index (χ3v) is 2.73. The smallest absolute Gasteiger partial charge is 0.0386 e. The van der Waals surface area contributed by atoms with Gasteiger partial charge in [-0.05, 0) is 35.7 Å². The van der Waals surface area contributed by atoms with Crippen LogP contribution in [0.25, 0.3) is 10.8 Å². The van der Waals surface area contributed by atoms with Crippen LogP contribution in [0.15, 0.2) is 54.2 Å². The molecule has 1 aliphatic carbocycles. The Morgan fingerprint density at radius 1 is 0.933 bits per heavy atom. The molecule has 0 aromatic heterocycles. The molecule has 1 nitrogen and oxygen atoms in total. The minimum Gasteiger partial charge on any atom is -0.362 e. The number of allylic oxidation sites excluding steroid dienone is 1. The first-order chi connectivity index (χ1) is 7.42. The minimum absolute atomic E-state index is 1.17. The van der Waals surface area contributed by atoms with Crippen LogP contribution in [0.1, 0.15) is 12.8 Å². The van der Waals surface area contributed by atoms with Crippen molar-refractivity contribution in [3.63, 3.8) is 0 Å². The average Bonchev–Trinajstić information content (AvgIpc) is 3.10. The van der Waals surface area contributed by atoms with Gasteiger partial charge < -0.3 is 5.32 Å². The standard InChI is InChI=1S/C14H13N/c1-2-4-13-9-14(8-7-12(13)3-1)15-10-11-5-6-11/h1-4,7-10,15H,5-6H2. The summed E-state index contributed by atoms with van der Waals surface area (Å²) >= 11 is 0. The molecular formula is C14H13N.